The molecule has 2 aromatic rings. The van der Waals surface area contributed by atoms with Crippen LogP contribution in [0.25, 0.3) is 11.0 Å². The van der Waals surface area contributed by atoms with Crippen LogP contribution in [0.3, 0.4) is 0 Å². The van der Waals surface area contributed by atoms with Crippen molar-refractivity contribution >= 4 is 33.3 Å². The zero-order valence-electron chi connectivity index (χ0n) is 24.4. The van der Waals surface area contributed by atoms with Crippen LogP contribution < -0.4 is 0 Å². The Kier molecular flexibility index (Phi) is 9.31. The minimum absolute atomic E-state index is 0.00696. The Balaban J connectivity index is 1.89. The molecule has 2 heterocycles. The molecule has 11 nitrogen and oxygen atoms in total. The minimum Gasteiger partial charge on any atom is -0.443 e. The lowest BCUT2D eigenvalue weighted by Gasteiger charge is -2.29. The highest BCUT2D eigenvalue weighted by molar-refractivity contribution is 7.85. The number of imide groups is 1. The summed E-state index contributed by atoms with van der Waals surface area (Å²) in [4.78, 5) is 36.5. The fraction of sp³-hybridized carbons (Fsp3) is 0.704. The zero-order valence-corrected chi connectivity index (χ0v) is 25.2. The van der Waals surface area contributed by atoms with Crippen molar-refractivity contribution in [2.45, 2.75) is 104 Å². The molecule has 1 unspecified atom stereocenters. The zero-order chi connectivity index (χ0) is 29.2. The van der Waals surface area contributed by atoms with Gasteiger partial charge in [-0.15, -0.1) is 0 Å². The van der Waals surface area contributed by atoms with Gasteiger partial charge < -0.3 is 14.0 Å². The molecule has 2 aromatic heterocycles. The third-order valence-corrected chi connectivity index (χ3v) is 6.77. The molecule has 1 aliphatic carbocycles. The Morgan fingerprint density at radius 1 is 1.05 bits per heavy atom. The lowest BCUT2D eigenvalue weighted by molar-refractivity contribution is 0.00104. The van der Waals surface area contributed by atoms with E-state index in [1.807, 2.05) is 11.5 Å². The van der Waals surface area contributed by atoms with Crippen LogP contribution in [0.1, 0.15) is 90.6 Å². The maximum Gasteiger partial charge on any atom is 0.419 e. The quantitative estimate of drug-likeness (QED) is 0.407. The maximum absolute atomic E-state index is 12.9. The molecule has 3 rings (SSSR count). The summed E-state index contributed by atoms with van der Waals surface area (Å²) in [7, 11) is -3.55. The summed E-state index contributed by atoms with van der Waals surface area (Å²) in [5.74, 6) is -0.150. The first-order chi connectivity index (χ1) is 18.0. The van der Waals surface area contributed by atoms with Crippen molar-refractivity contribution in [2.24, 2.45) is 0 Å². The highest BCUT2D eigenvalue weighted by atomic mass is 32.2. The number of carbonyl (C=O) groups excluding carboxylic acids is 2. The molecule has 0 saturated heterocycles. The van der Waals surface area contributed by atoms with Crippen molar-refractivity contribution in [3.63, 3.8) is 0 Å². The topological polar surface area (TPSA) is 130 Å². The molecule has 1 aliphatic rings. The first kappa shape index (κ1) is 30.8. The van der Waals surface area contributed by atoms with Gasteiger partial charge in [0, 0.05) is 24.7 Å². The van der Waals surface area contributed by atoms with Crippen molar-refractivity contribution in [3.8, 4) is 0 Å². The van der Waals surface area contributed by atoms with E-state index in [-0.39, 0.29) is 19.1 Å². The van der Waals surface area contributed by atoms with Crippen molar-refractivity contribution in [1.82, 2.24) is 19.4 Å². The van der Waals surface area contributed by atoms with E-state index in [1.165, 1.54) is 0 Å². The Morgan fingerprint density at radius 2 is 1.64 bits per heavy atom. The van der Waals surface area contributed by atoms with Crippen LogP contribution in [0.5, 0.6) is 0 Å². The van der Waals surface area contributed by atoms with E-state index >= 15 is 0 Å². The summed E-state index contributed by atoms with van der Waals surface area (Å²) in [6, 6.07) is 0. The van der Waals surface area contributed by atoms with Gasteiger partial charge in [-0.2, -0.15) is 8.42 Å². The highest BCUT2D eigenvalue weighted by Gasteiger charge is 2.32. The number of ether oxygens (including phenoxy) is 2. The number of aryl methyl sites for hydroxylation is 2. The number of fused-ring (bicyclic) bond motifs is 3. The number of hydrogen-bond acceptors (Lipinski definition) is 9. The van der Waals surface area contributed by atoms with E-state index in [2.05, 4.69) is 4.98 Å². The average molecular weight is 567 g/mol. The molecule has 0 saturated carbocycles. The third kappa shape index (κ3) is 8.63. The maximum atomic E-state index is 12.9. The van der Waals surface area contributed by atoms with Crippen LogP contribution >= 0.6 is 0 Å². The van der Waals surface area contributed by atoms with Crippen LogP contribution in [0.2, 0.25) is 0 Å². The highest BCUT2D eigenvalue weighted by Crippen LogP contribution is 2.33. The van der Waals surface area contributed by atoms with E-state index in [4.69, 9.17) is 18.6 Å². The van der Waals surface area contributed by atoms with E-state index in [0.29, 0.717) is 13.0 Å². The summed E-state index contributed by atoms with van der Waals surface area (Å²) >= 11 is 0. The second-order valence-corrected chi connectivity index (χ2v) is 13.7. The first-order valence-electron chi connectivity index (χ1n) is 13.4. The van der Waals surface area contributed by atoms with Gasteiger partial charge in [-0.05, 0) is 79.2 Å². The Morgan fingerprint density at radius 3 is 2.21 bits per heavy atom. The fourth-order valence-electron chi connectivity index (χ4n) is 4.50. The molecule has 0 fully saturated rings. The fourth-order valence-corrected chi connectivity index (χ4v) is 4.88. The van der Waals surface area contributed by atoms with E-state index in [1.54, 1.807) is 47.9 Å². The molecule has 0 N–H and O–H groups in total. The van der Waals surface area contributed by atoms with E-state index in [9.17, 15) is 18.0 Å². The first-order valence-corrected chi connectivity index (χ1v) is 15.2. The molecular weight excluding hydrogens is 524 g/mol. The van der Waals surface area contributed by atoms with Gasteiger partial charge in [-0.1, -0.05) is 6.92 Å². The molecule has 39 heavy (non-hydrogen) atoms. The number of pyridine rings is 1. The summed E-state index contributed by atoms with van der Waals surface area (Å²) in [6.07, 6.45) is 5.42. The molecule has 0 aliphatic heterocycles. The average Bonchev–Trinajstić information content (AvgIpc) is 3.19. The van der Waals surface area contributed by atoms with Gasteiger partial charge in [-0.3, -0.25) is 9.17 Å². The van der Waals surface area contributed by atoms with Crippen LogP contribution in [-0.2, 0) is 43.2 Å². The predicted octanol–water partition coefficient (Wildman–Crippen LogP) is 4.95. The largest absolute Gasteiger partial charge is 0.443 e. The van der Waals surface area contributed by atoms with Gasteiger partial charge in [0.1, 0.15) is 16.7 Å². The minimum atomic E-state index is -3.55. The number of hydrogen-bond donors (Lipinski definition) is 0. The number of rotatable bonds is 8. The van der Waals surface area contributed by atoms with Crippen LogP contribution in [-0.4, -0.2) is 70.6 Å². The number of imidazole rings is 1. The Hall–Kier alpha value is -2.73. The smallest absolute Gasteiger partial charge is 0.419 e. The molecule has 0 spiro atoms. The Bertz CT molecular complexity index is 1280. The normalized spacial score (nSPS) is 15.1. The van der Waals surface area contributed by atoms with Gasteiger partial charge in [-0.25, -0.2) is 19.5 Å². The number of nitrogens with zero attached hydrogens (tertiary/aromatic N) is 4. The standard InChI is InChI=1S/C27H42N4O7S/c1-18(13-14-31(24(32)37-26(2,3)4)25(33)38-27(5,6)7)21-22-23(19-11-9-10-12-20(19)29-21)30(17-28-22)15-16-36-39(8,34)35/h17-18H,9-16H2,1-8H3. The van der Waals surface area contributed by atoms with Crippen molar-refractivity contribution < 1.29 is 31.7 Å². The summed E-state index contributed by atoms with van der Waals surface area (Å²) in [5, 5.41) is 0. The lowest BCUT2D eigenvalue weighted by atomic mass is 9.92. The molecule has 0 aromatic carbocycles. The van der Waals surface area contributed by atoms with Gasteiger partial charge in [0.15, 0.2) is 0 Å². The van der Waals surface area contributed by atoms with E-state index in [0.717, 1.165) is 64.8 Å². The van der Waals surface area contributed by atoms with Crippen molar-refractivity contribution in [1.29, 1.82) is 0 Å². The number of carbonyl (C=O) groups is 2. The molecule has 0 radical (unpaired) electrons. The van der Waals surface area contributed by atoms with Crippen LogP contribution in [0.4, 0.5) is 9.59 Å². The number of aromatic nitrogens is 3. The van der Waals surface area contributed by atoms with Crippen molar-refractivity contribution in [2.75, 3.05) is 19.4 Å². The second-order valence-electron chi connectivity index (χ2n) is 12.1. The van der Waals surface area contributed by atoms with Gasteiger partial charge in [0.2, 0.25) is 0 Å². The monoisotopic (exact) mass is 566 g/mol. The van der Waals surface area contributed by atoms with Crippen molar-refractivity contribution in [3.05, 3.63) is 23.3 Å². The summed E-state index contributed by atoms with van der Waals surface area (Å²) in [6.45, 7) is 12.9. The molecular formula is C27H42N4O7S. The van der Waals surface area contributed by atoms with Crippen LogP contribution in [0, 0.1) is 0 Å². The van der Waals surface area contributed by atoms with Gasteiger partial charge >= 0.3 is 12.2 Å². The Labute approximate surface area is 231 Å². The number of amides is 2. The molecule has 218 valence electrons. The molecule has 1 atom stereocenters. The third-order valence-electron chi connectivity index (χ3n) is 6.17. The lowest BCUT2D eigenvalue weighted by Crippen LogP contribution is -2.44. The van der Waals surface area contributed by atoms with Gasteiger partial charge in [0.05, 0.1) is 30.4 Å². The predicted molar refractivity (Wildman–Crippen MR) is 147 cm³/mol. The molecule has 2 amide bonds. The second kappa shape index (κ2) is 11.8. The van der Waals surface area contributed by atoms with Crippen LogP contribution in [0.15, 0.2) is 6.33 Å². The SMILES string of the molecule is CC(CCN(C(=O)OC(C)(C)C)C(=O)OC(C)(C)C)c1nc2c(c3c1ncn3CCOS(C)(=O)=O)CCCC2. The molecule has 12 heteroatoms. The molecule has 0 bridgehead atoms. The summed E-state index contributed by atoms with van der Waals surface area (Å²) < 4.78 is 40.8. The van der Waals surface area contributed by atoms with E-state index < -0.39 is 33.5 Å². The van der Waals surface area contributed by atoms with Gasteiger partial charge in [0.25, 0.3) is 10.1 Å². The summed E-state index contributed by atoms with van der Waals surface area (Å²) in [5.41, 5.74) is 3.05.